The quantitative estimate of drug-likeness (QED) is 0.708. The molecule has 9 heteroatoms. The summed E-state index contributed by atoms with van der Waals surface area (Å²) >= 11 is 6.22. The van der Waals surface area contributed by atoms with Crippen LogP contribution < -0.4 is 10.1 Å². The van der Waals surface area contributed by atoms with Gasteiger partial charge in [0.05, 0.1) is 24.4 Å². The average Bonchev–Trinajstić information content (AvgIpc) is 3.10. The summed E-state index contributed by atoms with van der Waals surface area (Å²) in [5, 5.41) is 7.27. The Morgan fingerprint density at radius 1 is 1.37 bits per heavy atom. The van der Waals surface area contributed by atoms with Crippen molar-refractivity contribution in [3.05, 3.63) is 28.8 Å². The van der Waals surface area contributed by atoms with Crippen LogP contribution in [0, 0.1) is 0 Å². The van der Waals surface area contributed by atoms with Crippen LogP contribution in [0.3, 0.4) is 0 Å². The van der Waals surface area contributed by atoms with Crippen LogP contribution in [0.25, 0.3) is 0 Å². The number of methoxy groups -OCH3 is 1. The van der Waals surface area contributed by atoms with Crippen molar-refractivity contribution in [3.63, 3.8) is 0 Å². The molecule has 1 aromatic rings. The second-order valence-corrected chi connectivity index (χ2v) is 6.94. The zero-order valence-corrected chi connectivity index (χ0v) is 16.7. The van der Waals surface area contributed by atoms with E-state index in [4.69, 9.17) is 21.2 Å². The summed E-state index contributed by atoms with van der Waals surface area (Å²) < 4.78 is 5.20. The molecule has 0 saturated heterocycles. The number of carbonyl (C=O) groups is 2. The summed E-state index contributed by atoms with van der Waals surface area (Å²) in [6.07, 6.45) is -0.500. The number of amides is 2. The second kappa shape index (κ2) is 9.57. The molecule has 0 saturated carbocycles. The first-order valence-corrected chi connectivity index (χ1v) is 8.92. The van der Waals surface area contributed by atoms with E-state index >= 15 is 0 Å². The van der Waals surface area contributed by atoms with E-state index < -0.39 is 6.10 Å². The molecular weight excluding hydrogens is 372 g/mol. The smallest absolute Gasteiger partial charge is 0.267 e. The number of oxime groups is 1. The molecule has 0 aliphatic carbocycles. The van der Waals surface area contributed by atoms with Crippen molar-refractivity contribution >= 4 is 29.1 Å². The van der Waals surface area contributed by atoms with Crippen LogP contribution in [0.4, 0.5) is 0 Å². The minimum atomic E-state index is -0.776. The molecule has 1 aliphatic rings. The summed E-state index contributed by atoms with van der Waals surface area (Å²) in [6.45, 7) is 1.21. The van der Waals surface area contributed by atoms with Gasteiger partial charge in [-0.2, -0.15) is 0 Å². The van der Waals surface area contributed by atoms with Gasteiger partial charge in [-0.25, -0.2) is 0 Å². The Kier molecular flexibility index (Phi) is 7.44. The lowest BCUT2D eigenvalue weighted by atomic mass is 10.0. The molecule has 1 heterocycles. The highest BCUT2D eigenvalue weighted by Crippen LogP contribution is 2.27. The number of hydrogen-bond donors (Lipinski definition) is 1. The van der Waals surface area contributed by atoms with Gasteiger partial charge in [-0.05, 0) is 32.3 Å². The molecule has 2 rings (SSSR count). The number of nitrogens with zero attached hydrogens (tertiary/aromatic N) is 3. The van der Waals surface area contributed by atoms with E-state index in [1.54, 1.807) is 32.4 Å². The Balaban J connectivity index is 1.89. The number of benzene rings is 1. The molecule has 1 aliphatic heterocycles. The highest BCUT2D eigenvalue weighted by Gasteiger charge is 2.32. The van der Waals surface area contributed by atoms with Crippen LogP contribution >= 0.6 is 11.6 Å². The van der Waals surface area contributed by atoms with E-state index in [1.165, 1.54) is 4.90 Å². The van der Waals surface area contributed by atoms with Crippen molar-refractivity contribution in [2.45, 2.75) is 12.5 Å². The maximum atomic E-state index is 12.5. The van der Waals surface area contributed by atoms with Crippen LogP contribution in [0.15, 0.2) is 23.4 Å². The summed E-state index contributed by atoms with van der Waals surface area (Å²) in [5.74, 6) is 0.108. The summed E-state index contributed by atoms with van der Waals surface area (Å²) in [5.41, 5.74) is 1.23. The van der Waals surface area contributed by atoms with Crippen molar-refractivity contribution in [1.82, 2.24) is 15.1 Å². The molecule has 0 spiro atoms. The molecule has 8 nitrogen and oxygen atoms in total. The Morgan fingerprint density at radius 3 is 2.78 bits per heavy atom. The number of rotatable bonds is 8. The number of halogens is 1. The van der Waals surface area contributed by atoms with Crippen molar-refractivity contribution in [1.29, 1.82) is 0 Å². The van der Waals surface area contributed by atoms with Gasteiger partial charge in [0.25, 0.3) is 5.91 Å². The Hall–Kier alpha value is -2.32. The van der Waals surface area contributed by atoms with E-state index in [-0.39, 0.29) is 24.8 Å². The lowest BCUT2D eigenvalue weighted by Gasteiger charge is -2.19. The van der Waals surface area contributed by atoms with Gasteiger partial charge in [0.1, 0.15) is 5.75 Å². The molecule has 2 amide bonds. The molecular formula is C18H25ClN4O4. The van der Waals surface area contributed by atoms with Gasteiger partial charge in [0.15, 0.2) is 0 Å². The van der Waals surface area contributed by atoms with Gasteiger partial charge in [-0.1, -0.05) is 16.8 Å². The van der Waals surface area contributed by atoms with Gasteiger partial charge in [0.2, 0.25) is 12.0 Å². The molecule has 1 aromatic carbocycles. The van der Waals surface area contributed by atoms with Crippen LogP contribution in [-0.4, -0.2) is 81.3 Å². The van der Waals surface area contributed by atoms with E-state index in [0.717, 1.165) is 6.54 Å². The molecule has 0 radical (unpaired) electrons. The van der Waals surface area contributed by atoms with Gasteiger partial charge < -0.3 is 24.7 Å². The zero-order chi connectivity index (χ0) is 20.0. The molecule has 0 fully saturated rings. The fraction of sp³-hybridized carbons (Fsp3) is 0.500. The molecule has 0 aromatic heterocycles. The minimum absolute atomic E-state index is 0.0403. The van der Waals surface area contributed by atoms with Crippen molar-refractivity contribution in [2.75, 3.05) is 47.9 Å². The number of carbonyl (C=O) groups excluding carboxylic acids is 2. The number of likely N-dealkylation sites (N-methyl/N-ethyl adjacent to an activating group) is 2. The zero-order valence-electron chi connectivity index (χ0n) is 16.0. The number of hydrogen-bond acceptors (Lipinski definition) is 6. The van der Waals surface area contributed by atoms with Crippen molar-refractivity contribution in [3.8, 4) is 5.75 Å². The maximum Gasteiger partial charge on any atom is 0.267 e. The fourth-order valence-electron chi connectivity index (χ4n) is 2.54. The molecule has 1 N–H and O–H groups in total. The monoisotopic (exact) mass is 396 g/mol. The van der Waals surface area contributed by atoms with Crippen LogP contribution in [-0.2, 0) is 14.4 Å². The van der Waals surface area contributed by atoms with E-state index in [1.807, 2.05) is 19.0 Å². The van der Waals surface area contributed by atoms with Gasteiger partial charge in [-0.3, -0.25) is 9.59 Å². The third kappa shape index (κ3) is 5.83. The van der Waals surface area contributed by atoms with Crippen molar-refractivity contribution < 1.29 is 19.2 Å². The number of nitrogens with one attached hydrogen (secondary N) is 1. The van der Waals surface area contributed by atoms with Crippen molar-refractivity contribution in [2.24, 2.45) is 5.16 Å². The molecule has 1 unspecified atom stereocenters. The Morgan fingerprint density at radius 2 is 2.11 bits per heavy atom. The number of ether oxygens (including phenoxy) is 1. The van der Waals surface area contributed by atoms with E-state index in [0.29, 0.717) is 28.6 Å². The van der Waals surface area contributed by atoms with Gasteiger partial charge in [0, 0.05) is 32.1 Å². The lowest BCUT2D eigenvalue weighted by molar-refractivity contribution is -0.143. The Labute approximate surface area is 164 Å². The molecule has 148 valence electrons. The highest BCUT2D eigenvalue weighted by atomic mass is 35.5. The molecule has 27 heavy (non-hydrogen) atoms. The first-order valence-electron chi connectivity index (χ1n) is 8.54. The predicted octanol–water partition coefficient (Wildman–Crippen LogP) is 0.978. The van der Waals surface area contributed by atoms with E-state index in [9.17, 15) is 9.59 Å². The highest BCUT2D eigenvalue weighted by molar-refractivity contribution is 6.34. The van der Waals surface area contributed by atoms with Crippen LogP contribution in [0.5, 0.6) is 5.75 Å². The predicted molar refractivity (Wildman–Crippen MR) is 103 cm³/mol. The SMILES string of the molecule is COc1ccc(Cl)c(C2=NOC(C(=O)N(C)CC(=O)NCCN(C)C)C2)c1. The van der Waals surface area contributed by atoms with Crippen LogP contribution in [0.2, 0.25) is 5.02 Å². The minimum Gasteiger partial charge on any atom is -0.497 e. The fourth-order valence-corrected chi connectivity index (χ4v) is 2.76. The first-order chi connectivity index (χ1) is 12.8. The maximum absolute atomic E-state index is 12.5. The standard InChI is InChI=1S/C18H25ClN4O4/c1-22(2)8-7-20-17(24)11-23(3)18(25)16-10-15(21-27-16)13-9-12(26-4)5-6-14(13)19/h5-6,9,16H,7-8,10-11H2,1-4H3,(H,20,24). The normalized spacial score (nSPS) is 15.9. The third-order valence-electron chi connectivity index (χ3n) is 4.07. The third-order valence-corrected chi connectivity index (χ3v) is 4.40. The van der Waals surface area contributed by atoms with Crippen LogP contribution in [0.1, 0.15) is 12.0 Å². The summed E-state index contributed by atoms with van der Waals surface area (Å²) in [7, 11) is 6.97. The first kappa shape index (κ1) is 21.0. The average molecular weight is 397 g/mol. The molecule has 0 bridgehead atoms. The Bertz CT molecular complexity index is 723. The summed E-state index contributed by atoms with van der Waals surface area (Å²) in [6, 6.07) is 5.20. The summed E-state index contributed by atoms with van der Waals surface area (Å²) in [4.78, 5) is 33.0. The molecule has 1 atom stereocenters. The largest absolute Gasteiger partial charge is 0.497 e. The van der Waals surface area contributed by atoms with Gasteiger partial charge >= 0.3 is 0 Å². The van der Waals surface area contributed by atoms with E-state index in [2.05, 4.69) is 10.5 Å². The van der Waals surface area contributed by atoms with Gasteiger partial charge in [-0.15, -0.1) is 0 Å². The second-order valence-electron chi connectivity index (χ2n) is 6.53. The topological polar surface area (TPSA) is 83.5 Å². The lowest BCUT2D eigenvalue weighted by Crippen LogP contribution is -2.44.